The lowest BCUT2D eigenvalue weighted by molar-refractivity contribution is -0.113. The van der Waals surface area contributed by atoms with Crippen LogP contribution < -0.4 is 10.1 Å². The van der Waals surface area contributed by atoms with E-state index in [1.54, 1.807) is 42.7 Å². The normalized spacial score (nSPS) is 10.8. The Labute approximate surface area is 197 Å². The molecule has 0 saturated heterocycles. The van der Waals surface area contributed by atoms with Crippen LogP contribution in [0.1, 0.15) is 42.5 Å². The quantitative estimate of drug-likeness (QED) is 0.351. The van der Waals surface area contributed by atoms with Crippen molar-refractivity contribution in [2.45, 2.75) is 45.1 Å². The Hall–Kier alpha value is -3.33. The molecular formula is C24H28N4O4S. The Bertz CT molecular complexity index is 1100. The second-order valence-electron chi connectivity index (χ2n) is 7.62. The number of benzene rings is 2. The highest BCUT2D eigenvalue weighted by Gasteiger charge is 2.14. The predicted molar refractivity (Wildman–Crippen MR) is 128 cm³/mol. The van der Waals surface area contributed by atoms with Gasteiger partial charge in [-0.3, -0.25) is 4.79 Å². The minimum Gasteiger partial charge on any atom is -0.486 e. The summed E-state index contributed by atoms with van der Waals surface area (Å²) in [6.07, 6.45) is 0.767. The number of amides is 1. The lowest BCUT2D eigenvalue weighted by atomic mass is 10.2. The van der Waals surface area contributed by atoms with Gasteiger partial charge in [-0.15, -0.1) is 10.2 Å². The zero-order valence-corrected chi connectivity index (χ0v) is 20.0. The Morgan fingerprint density at radius 2 is 1.88 bits per heavy atom. The number of ether oxygens (including phenoxy) is 2. The standard InChI is InChI=1S/C24H28N4O4S/c1-5-17-9-11-20(12-10-17)31-14-21-26-27-24(28(21)4)33-15-22(29)25-19-8-6-7-18(13-19)23(30)32-16(2)3/h6-13,16H,5,14-15H2,1-4H3,(H,25,29). The molecule has 174 valence electrons. The van der Waals surface area contributed by atoms with E-state index in [0.29, 0.717) is 22.2 Å². The molecule has 0 aliphatic rings. The van der Waals surface area contributed by atoms with Crippen LogP contribution in [0.3, 0.4) is 0 Å². The predicted octanol–water partition coefficient (Wildman–Crippen LogP) is 4.25. The van der Waals surface area contributed by atoms with Crippen molar-refractivity contribution in [1.29, 1.82) is 0 Å². The second kappa shape index (κ2) is 11.5. The van der Waals surface area contributed by atoms with Crippen molar-refractivity contribution in [2.75, 3.05) is 11.1 Å². The van der Waals surface area contributed by atoms with Gasteiger partial charge in [-0.1, -0.05) is 36.9 Å². The topological polar surface area (TPSA) is 95.3 Å². The fraction of sp³-hybridized carbons (Fsp3) is 0.333. The van der Waals surface area contributed by atoms with Gasteiger partial charge in [-0.2, -0.15) is 0 Å². The zero-order chi connectivity index (χ0) is 23.8. The van der Waals surface area contributed by atoms with Gasteiger partial charge in [0.15, 0.2) is 11.0 Å². The summed E-state index contributed by atoms with van der Waals surface area (Å²) < 4.78 is 12.8. The van der Waals surface area contributed by atoms with Crippen LogP contribution in [-0.2, 0) is 29.6 Å². The van der Waals surface area contributed by atoms with Crippen molar-refractivity contribution in [3.05, 3.63) is 65.5 Å². The molecule has 0 aliphatic heterocycles. The number of aromatic nitrogens is 3. The maximum atomic E-state index is 12.4. The molecule has 0 aliphatic carbocycles. The first-order chi connectivity index (χ1) is 15.9. The van der Waals surface area contributed by atoms with Crippen molar-refractivity contribution in [3.63, 3.8) is 0 Å². The highest BCUT2D eigenvalue weighted by atomic mass is 32.2. The minimum absolute atomic E-state index is 0.145. The SMILES string of the molecule is CCc1ccc(OCc2nnc(SCC(=O)Nc3cccc(C(=O)OC(C)C)c3)n2C)cc1. The lowest BCUT2D eigenvalue weighted by Gasteiger charge is -2.10. The van der Waals surface area contributed by atoms with E-state index in [9.17, 15) is 9.59 Å². The first-order valence-electron chi connectivity index (χ1n) is 10.7. The molecule has 3 rings (SSSR count). The molecule has 1 heterocycles. The lowest BCUT2D eigenvalue weighted by Crippen LogP contribution is -2.16. The number of esters is 1. The largest absolute Gasteiger partial charge is 0.486 e. The van der Waals surface area contributed by atoms with Crippen molar-refractivity contribution in [3.8, 4) is 5.75 Å². The summed E-state index contributed by atoms with van der Waals surface area (Å²) in [5, 5.41) is 11.7. The molecular weight excluding hydrogens is 440 g/mol. The Balaban J connectivity index is 1.51. The van der Waals surface area contributed by atoms with E-state index < -0.39 is 5.97 Å². The first kappa shape index (κ1) is 24.3. The van der Waals surface area contributed by atoms with Gasteiger partial charge >= 0.3 is 5.97 Å². The maximum absolute atomic E-state index is 12.4. The van der Waals surface area contributed by atoms with Gasteiger partial charge in [0.25, 0.3) is 0 Å². The fourth-order valence-electron chi connectivity index (χ4n) is 2.90. The Kier molecular flexibility index (Phi) is 8.48. The molecule has 0 saturated carbocycles. The third kappa shape index (κ3) is 7.08. The number of aryl methyl sites for hydroxylation is 1. The summed E-state index contributed by atoms with van der Waals surface area (Å²) in [5.41, 5.74) is 2.16. The molecule has 0 radical (unpaired) electrons. The molecule has 1 amide bonds. The number of carbonyl (C=O) groups excluding carboxylic acids is 2. The first-order valence-corrected chi connectivity index (χ1v) is 11.7. The Morgan fingerprint density at radius 1 is 1.12 bits per heavy atom. The van der Waals surface area contributed by atoms with E-state index in [4.69, 9.17) is 9.47 Å². The average Bonchev–Trinajstić information content (AvgIpc) is 3.15. The van der Waals surface area contributed by atoms with Crippen LogP contribution in [0, 0.1) is 0 Å². The number of thioether (sulfide) groups is 1. The second-order valence-corrected chi connectivity index (χ2v) is 8.56. The summed E-state index contributed by atoms with van der Waals surface area (Å²) >= 11 is 1.27. The number of nitrogens with one attached hydrogen (secondary N) is 1. The van der Waals surface area contributed by atoms with E-state index in [0.717, 1.165) is 12.2 Å². The van der Waals surface area contributed by atoms with Gasteiger partial charge in [0.05, 0.1) is 17.4 Å². The van der Waals surface area contributed by atoms with E-state index in [-0.39, 0.29) is 24.4 Å². The van der Waals surface area contributed by atoms with Crippen LogP contribution in [0.15, 0.2) is 53.7 Å². The smallest absolute Gasteiger partial charge is 0.338 e. The number of hydrogen-bond donors (Lipinski definition) is 1. The molecule has 0 fully saturated rings. The van der Waals surface area contributed by atoms with Crippen molar-refractivity contribution < 1.29 is 19.1 Å². The molecule has 1 N–H and O–H groups in total. The van der Waals surface area contributed by atoms with E-state index in [1.165, 1.54) is 17.3 Å². The average molecular weight is 469 g/mol. The monoisotopic (exact) mass is 468 g/mol. The zero-order valence-electron chi connectivity index (χ0n) is 19.2. The Morgan fingerprint density at radius 3 is 2.58 bits per heavy atom. The molecule has 9 heteroatoms. The summed E-state index contributed by atoms with van der Waals surface area (Å²) in [6.45, 7) is 5.96. The van der Waals surface area contributed by atoms with Gasteiger partial charge in [-0.25, -0.2) is 4.79 Å². The van der Waals surface area contributed by atoms with Gasteiger partial charge in [-0.05, 0) is 56.2 Å². The van der Waals surface area contributed by atoms with Crippen LogP contribution >= 0.6 is 11.8 Å². The van der Waals surface area contributed by atoms with Crippen molar-refractivity contribution in [2.24, 2.45) is 7.05 Å². The third-order valence-corrected chi connectivity index (χ3v) is 5.70. The number of carbonyl (C=O) groups is 2. The van der Waals surface area contributed by atoms with Gasteiger partial charge < -0.3 is 19.4 Å². The highest BCUT2D eigenvalue weighted by Crippen LogP contribution is 2.19. The van der Waals surface area contributed by atoms with Gasteiger partial charge in [0, 0.05) is 12.7 Å². The maximum Gasteiger partial charge on any atom is 0.338 e. The molecule has 0 bridgehead atoms. The van der Waals surface area contributed by atoms with Crippen LogP contribution in [-0.4, -0.2) is 38.5 Å². The summed E-state index contributed by atoms with van der Waals surface area (Å²) in [7, 11) is 1.84. The molecule has 33 heavy (non-hydrogen) atoms. The molecule has 1 aromatic heterocycles. The molecule has 0 atom stereocenters. The van der Waals surface area contributed by atoms with Gasteiger partial charge in [0.2, 0.25) is 5.91 Å². The van der Waals surface area contributed by atoms with E-state index >= 15 is 0 Å². The third-order valence-electron chi connectivity index (χ3n) is 4.68. The minimum atomic E-state index is -0.425. The molecule has 3 aromatic rings. The van der Waals surface area contributed by atoms with E-state index in [1.807, 2.05) is 31.3 Å². The summed E-state index contributed by atoms with van der Waals surface area (Å²) in [4.78, 5) is 24.4. The molecule has 8 nitrogen and oxygen atoms in total. The van der Waals surface area contributed by atoms with Crippen LogP contribution in [0.2, 0.25) is 0 Å². The molecule has 0 spiro atoms. The van der Waals surface area contributed by atoms with Gasteiger partial charge in [0.1, 0.15) is 12.4 Å². The fourth-order valence-corrected chi connectivity index (χ4v) is 3.63. The molecule has 2 aromatic carbocycles. The summed E-state index contributed by atoms with van der Waals surface area (Å²) in [5.74, 6) is 0.931. The summed E-state index contributed by atoms with van der Waals surface area (Å²) in [6, 6.07) is 14.6. The van der Waals surface area contributed by atoms with Crippen molar-refractivity contribution in [1.82, 2.24) is 14.8 Å². The number of rotatable bonds is 10. The highest BCUT2D eigenvalue weighted by molar-refractivity contribution is 7.99. The number of hydrogen-bond acceptors (Lipinski definition) is 7. The van der Waals surface area contributed by atoms with Crippen LogP contribution in [0.25, 0.3) is 0 Å². The number of nitrogens with zero attached hydrogens (tertiary/aromatic N) is 3. The van der Waals surface area contributed by atoms with E-state index in [2.05, 4.69) is 22.4 Å². The van der Waals surface area contributed by atoms with Crippen LogP contribution in [0.5, 0.6) is 5.75 Å². The number of anilines is 1. The molecule has 0 unspecified atom stereocenters. The van der Waals surface area contributed by atoms with Crippen molar-refractivity contribution >= 4 is 29.3 Å². The van der Waals surface area contributed by atoms with Crippen LogP contribution in [0.4, 0.5) is 5.69 Å².